The Kier molecular flexibility index (Phi) is 5.47. The molecular formula is C20H21ClN2O3. The third-order valence-corrected chi connectivity index (χ3v) is 4.62. The quantitative estimate of drug-likeness (QED) is 0.844. The molecule has 5 nitrogen and oxygen atoms in total. The first-order valence-electron chi connectivity index (χ1n) is 8.64. The highest BCUT2D eigenvalue weighted by Crippen LogP contribution is 2.29. The van der Waals surface area contributed by atoms with Crippen LogP contribution in [0.15, 0.2) is 36.4 Å². The average molecular weight is 373 g/mol. The highest BCUT2D eigenvalue weighted by molar-refractivity contribution is 6.32. The normalized spacial score (nSPS) is 13.8. The van der Waals surface area contributed by atoms with Gasteiger partial charge in [0, 0.05) is 29.9 Å². The first-order chi connectivity index (χ1) is 12.5. The number of ether oxygens (including phenoxy) is 1. The molecule has 1 N–H and O–H groups in total. The Morgan fingerprint density at radius 2 is 2.08 bits per heavy atom. The van der Waals surface area contributed by atoms with Gasteiger partial charge >= 0.3 is 0 Å². The van der Waals surface area contributed by atoms with Gasteiger partial charge in [0.2, 0.25) is 5.91 Å². The Hall–Kier alpha value is -2.53. The monoisotopic (exact) mass is 372 g/mol. The van der Waals surface area contributed by atoms with Crippen LogP contribution in [-0.4, -0.2) is 25.0 Å². The van der Waals surface area contributed by atoms with Gasteiger partial charge in [0.1, 0.15) is 5.75 Å². The van der Waals surface area contributed by atoms with Gasteiger partial charge in [-0.05, 0) is 56.2 Å². The van der Waals surface area contributed by atoms with Crippen LogP contribution < -0.4 is 15.0 Å². The molecule has 6 heteroatoms. The van der Waals surface area contributed by atoms with Crippen LogP contribution in [0, 0.1) is 6.92 Å². The van der Waals surface area contributed by atoms with Crippen LogP contribution in [-0.2, 0) is 4.79 Å². The van der Waals surface area contributed by atoms with E-state index in [9.17, 15) is 9.59 Å². The molecule has 0 saturated carbocycles. The number of hydrogen-bond donors (Lipinski definition) is 1. The fourth-order valence-electron chi connectivity index (χ4n) is 3.00. The van der Waals surface area contributed by atoms with Crippen LogP contribution >= 0.6 is 11.6 Å². The number of amides is 2. The molecule has 1 fully saturated rings. The van der Waals surface area contributed by atoms with Crippen molar-refractivity contribution in [2.45, 2.75) is 26.7 Å². The number of aryl methyl sites for hydroxylation is 1. The number of carbonyl (C=O) groups excluding carboxylic acids is 2. The zero-order valence-electron chi connectivity index (χ0n) is 14.8. The molecule has 2 amide bonds. The molecule has 26 heavy (non-hydrogen) atoms. The first kappa shape index (κ1) is 18.3. The summed E-state index contributed by atoms with van der Waals surface area (Å²) in [6, 6.07) is 10.5. The number of nitrogens with zero attached hydrogens (tertiary/aromatic N) is 1. The highest BCUT2D eigenvalue weighted by atomic mass is 35.5. The molecule has 0 aromatic heterocycles. The molecule has 136 valence electrons. The topological polar surface area (TPSA) is 58.6 Å². The van der Waals surface area contributed by atoms with Crippen molar-refractivity contribution in [2.75, 3.05) is 23.4 Å². The Bertz CT molecular complexity index is 851. The summed E-state index contributed by atoms with van der Waals surface area (Å²) in [6.45, 7) is 5.05. The molecule has 0 spiro atoms. The van der Waals surface area contributed by atoms with Crippen molar-refractivity contribution in [2.24, 2.45) is 0 Å². The molecule has 1 aliphatic heterocycles. The van der Waals surface area contributed by atoms with Crippen LogP contribution in [0.5, 0.6) is 5.75 Å². The number of halogens is 1. The van der Waals surface area contributed by atoms with Crippen LogP contribution in [0.2, 0.25) is 5.02 Å². The van der Waals surface area contributed by atoms with Crippen molar-refractivity contribution in [1.29, 1.82) is 0 Å². The van der Waals surface area contributed by atoms with E-state index in [4.69, 9.17) is 16.3 Å². The average Bonchev–Trinajstić information content (AvgIpc) is 3.04. The Morgan fingerprint density at radius 3 is 2.73 bits per heavy atom. The molecule has 1 saturated heterocycles. The second kappa shape index (κ2) is 7.79. The molecule has 2 aromatic rings. The first-order valence-corrected chi connectivity index (χ1v) is 9.02. The summed E-state index contributed by atoms with van der Waals surface area (Å²) in [5.41, 5.74) is 2.93. The Balaban J connectivity index is 1.79. The van der Waals surface area contributed by atoms with E-state index in [-0.39, 0.29) is 11.8 Å². The van der Waals surface area contributed by atoms with Gasteiger partial charge in [0.05, 0.1) is 11.6 Å². The number of hydrogen-bond acceptors (Lipinski definition) is 3. The highest BCUT2D eigenvalue weighted by Gasteiger charge is 2.23. The smallest absolute Gasteiger partial charge is 0.255 e. The predicted molar refractivity (Wildman–Crippen MR) is 103 cm³/mol. The summed E-state index contributed by atoms with van der Waals surface area (Å²) < 4.78 is 5.38. The zero-order chi connectivity index (χ0) is 18.7. The lowest BCUT2D eigenvalue weighted by Gasteiger charge is -2.19. The minimum atomic E-state index is -0.266. The van der Waals surface area contributed by atoms with E-state index < -0.39 is 0 Å². The molecule has 3 rings (SSSR count). The van der Waals surface area contributed by atoms with Crippen molar-refractivity contribution in [1.82, 2.24) is 0 Å². The van der Waals surface area contributed by atoms with Crippen molar-refractivity contribution >= 4 is 34.8 Å². The van der Waals surface area contributed by atoms with Crippen LogP contribution in [0.3, 0.4) is 0 Å². The zero-order valence-corrected chi connectivity index (χ0v) is 15.6. The van der Waals surface area contributed by atoms with E-state index in [2.05, 4.69) is 5.32 Å². The van der Waals surface area contributed by atoms with Crippen LogP contribution in [0.25, 0.3) is 0 Å². The van der Waals surface area contributed by atoms with Gasteiger partial charge in [-0.15, -0.1) is 0 Å². The van der Waals surface area contributed by atoms with Crippen molar-refractivity contribution in [3.8, 4) is 5.75 Å². The number of rotatable bonds is 5. The maximum absolute atomic E-state index is 12.5. The largest absolute Gasteiger partial charge is 0.492 e. The maximum Gasteiger partial charge on any atom is 0.255 e. The van der Waals surface area contributed by atoms with Crippen molar-refractivity contribution < 1.29 is 14.3 Å². The van der Waals surface area contributed by atoms with Crippen LogP contribution in [0.4, 0.5) is 11.4 Å². The minimum absolute atomic E-state index is 0.120. The third-order valence-electron chi connectivity index (χ3n) is 4.33. The SMILES string of the molecule is CCOc1ccc(C(=O)Nc2ccc(C)c(N3CCCC3=O)c2)cc1Cl. The Labute approximate surface area is 157 Å². The molecule has 0 atom stereocenters. The fraction of sp³-hybridized carbons (Fsp3) is 0.300. The van der Waals surface area contributed by atoms with Gasteiger partial charge in [-0.1, -0.05) is 17.7 Å². The fourth-order valence-corrected chi connectivity index (χ4v) is 3.23. The summed E-state index contributed by atoms with van der Waals surface area (Å²) in [5.74, 6) is 0.406. The molecule has 0 unspecified atom stereocenters. The summed E-state index contributed by atoms with van der Waals surface area (Å²) in [5, 5.41) is 3.26. The van der Waals surface area contributed by atoms with E-state index >= 15 is 0 Å². The maximum atomic E-state index is 12.5. The van der Waals surface area contributed by atoms with Gasteiger partial charge in [0.25, 0.3) is 5.91 Å². The van der Waals surface area contributed by atoms with Gasteiger partial charge < -0.3 is 15.0 Å². The molecular weight excluding hydrogens is 352 g/mol. The van der Waals surface area contributed by atoms with Crippen molar-refractivity contribution in [3.05, 3.63) is 52.5 Å². The van der Waals surface area contributed by atoms with E-state index in [0.29, 0.717) is 41.6 Å². The summed E-state index contributed by atoms with van der Waals surface area (Å²) in [4.78, 5) is 26.3. The number of anilines is 2. The molecule has 1 aliphatic rings. The second-order valence-corrected chi connectivity index (χ2v) is 6.59. The van der Waals surface area contributed by atoms with E-state index in [1.165, 1.54) is 0 Å². The minimum Gasteiger partial charge on any atom is -0.492 e. The predicted octanol–water partition coefficient (Wildman–Crippen LogP) is 4.43. The van der Waals surface area contributed by atoms with Crippen molar-refractivity contribution in [3.63, 3.8) is 0 Å². The molecule has 0 radical (unpaired) electrons. The number of benzene rings is 2. The standard InChI is InChI=1S/C20H21ClN2O3/c1-3-26-18-9-7-14(11-16(18)21)20(25)22-15-8-6-13(2)17(12-15)23-10-4-5-19(23)24/h6-9,11-12H,3-5,10H2,1-2H3,(H,22,25). The summed E-state index contributed by atoms with van der Waals surface area (Å²) in [6.07, 6.45) is 1.43. The lowest BCUT2D eigenvalue weighted by Crippen LogP contribution is -2.24. The van der Waals surface area contributed by atoms with Gasteiger partial charge in [0.15, 0.2) is 0 Å². The van der Waals surface area contributed by atoms with Crippen LogP contribution in [0.1, 0.15) is 35.7 Å². The lowest BCUT2D eigenvalue weighted by atomic mass is 10.1. The van der Waals surface area contributed by atoms with Gasteiger partial charge in [-0.2, -0.15) is 0 Å². The molecule has 1 heterocycles. The summed E-state index contributed by atoms with van der Waals surface area (Å²) >= 11 is 6.15. The molecule has 0 aliphatic carbocycles. The number of carbonyl (C=O) groups is 2. The Morgan fingerprint density at radius 1 is 1.27 bits per heavy atom. The molecule has 0 bridgehead atoms. The van der Waals surface area contributed by atoms with E-state index in [1.54, 1.807) is 23.1 Å². The van der Waals surface area contributed by atoms with E-state index in [1.807, 2.05) is 32.0 Å². The molecule has 2 aromatic carbocycles. The van der Waals surface area contributed by atoms with E-state index in [0.717, 1.165) is 17.7 Å². The number of nitrogens with one attached hydrogen (secondary N) is 1. The lowest BCUT2D eigenvalue weighted by molar-refractivity contribution is -0.117. The summed E-state index contributed by atoms with van der Waals surface area (Å²) in [7, 11) is 0. The van der Waals surface area contributed by atoms with Gasteiger partial charge in [-0.3, -0.25) is 9.59 Å². The third kappa shape index (κ3) is 3.83. The second-order valence-electron chi connectivity index (χ2n) is 6.18. The van der Waals surface area contributed by atoms with Gasteiger partial charge in [-0.25, -0.2) is 0 Å².